The first-order chi connectivity index (χ1) is 6.81. The molecule has 0 saturated carbocycles. The Morgan fingerprint density at radius 2 is 2.21 bits per heavy atom. The lowest BCUT2D eigenvalue weighted by Gasteiger charge is -2.02. The van der Waals surface area contributed by atoms with Gasteiger partial charge in [-0.3, -0.25) is 0 Å². The molecule has 0 bridgehead atoms. The summed E-state index contributed by atoms with van der Waals surface area (Å²) in [5, 5.41) is 0.431. The Morgan fingerprint density at radius 3 is 2.93 bits per heavy atom. The van der Waals surface area contributed by atoms with Crippen molar-refractivity contribution in [2.45, 2.75) is 13.5 Å². The fraction of sp³-hybridized carbons (Fsp3) is 0.222. The van der Waals surface area contributed by atoms with E-state index in [0.29, 0.717) is 5.15 Å². The molecule has 0 aliphatic carbocycles. The molecule has 0 N–H and O–H groups in total. The summed E-state index contributed by atoms with van der Waals surface area (Å²) in [6.45, 7) is 2.91. The number of aryl methyl sites for hydroxylation is 1. The average molecular weight is 209 g/mol. The van der Waals surface area contributed by atoms with Crippen molar-refractivity contribution in [2.75, 3.05) is 0 Å². The zero-order chi connectivity index (χ0) is 9.97. The molecule has 0 amide bonds. The van der Waals surface area contributed by atoms with Crippen LogP contribution in [0.25, 0.3) is 11.5 Å². The third-order valence-electron chi connectivity index (χ3n) is 1.92. The van der Waals surface area contributed by atoms with E-state index in [1.54, 1.807) is 12.3 Å². The number of rotatable bonds is 2. The highest BCUT2D eigenvalue weighted by Crippen LogP contribution is 2.16. The minimum Gasteiger partial charge on any atom is -0.330 e. The largest absolute Gasteiger partial charge is 0.330 e. The number of aromatic nitrogens is 4. The molecule has 14 heavy (non-hydrogen) atoms. The van der Waals surface area contributed by atoms with Crippen LogP contribution < -0.4 is 0 Å². The lowest BCUT2D eigenvalue weighted by Crippen LogP contribution is -1.97. The molecule has 4 nitrogen and oxygen atoms in total. The Morgan fingerprint density at radius 1 is 1.36 bits per heavy atom. The van der Waals surface area contributed by atoms with Crippen LogP contribution in [0.5, 0.6) is 0 Å². The summed E-state index contributed by atoms with van der Waals surface area (Å²) in [4.78, 5) is 12.1. The van der Waals surface area contributed by atoms with Crippen LogP contribution >= 0.6 is 11.6 Å². The van der Waals surface area contributed by atoms with Crippen LogP contribution in [-0.2, 0) is 6.54 Å². The van der Waals surface area contributed by atoms with Gasteiger partial charge in [-0.05, 0) is 6.92 Å². The standard InChI is InChI=1S/C9H9ClN4/c1-2-14-4-3-11-9(14)7-5-8(10)13-6-12-7/h3-6H,2H2,1H3. The molecular formula is C9H9ClN4. The van der Waals surface area contributed by atoms with Crippen molar-refractivity contribution in [3.8, 4) is 11.5 Å². The predicted octanol–water partition coefficient (Wildman–Crippen LogP) is 2.01. The molecule has 0 fully saturated rings. The highest BCUT2D eigenvalue weighted by atomic mass is 35.5. The van der Waals surface area contributed by atoms with E-state index in [9.17, 15) is 0 Å². The van der Waals surface area contributed by atoms with Gasteiger partial charge in [0.05, 0.1) is 0 Å². The maximum absolute atomic E-state index is 5.77. The van der Waals surface area contributed by atoms with E-state index in [1.807, 2.05) is 17.7 Å². The molecule has 2 aromatic rings. The van der Waals surface area contributed by atoms with E-state index in [2.05, 4.69) is 15.0 Å². The van der Waals surface area contributed by atoms with Gasteiger partial charge in [0.25, 0.3) is 0 Å². The van der Waals surface area contributed by atoms with Gasteiger partial charge in [0, 0.05) is 25.0 Å². The Kier molecular flexibility index (Phi) is 2.45. The molecule has 2 heterocycles. The smallest absolute Gasteiger partial charge is 0.158 e. The Hall–Kier alpha value is -1.42. The van der Waals surface area contributed by atoms with Crippen molar-refractivity contribution >= 4 is 11.6 Å². The summed E-state index contributed by atoms with van der Waals surface area (Å²) in [7, 11) is 0. The van der Waals surface area contributed by atoms with E-state index in [-0.39, 0.29) is 0 Å². The SMILES string of the molecule is CCn1ccnc1-c1cc(Cl)ncn1. The molecule has 0 radical (unpaired) electrons. The summed E-state index contributed by atoms with van der Waals surface area (Å²) in [6.07, 6.45) is 5.09. The highest BCUT2D eigenvalue weighted by molar-refractivity contribution is 6.29. The first kappa shape index (κ1) is 9.15. The summed E-state index contributed by atoms with van der Waals surface area (Å²) < 4.78 is 2.00. The maximum Gasteiger partial charge on any atom is 0.158 e. The molecule has 2 rings (SSSR count). The van der Waals surface area contributed by atoms with Crippen LogP contribution in [0, 0.1) is 0 Å². The van der Waals surface area contributed by atoms with Crippen molar-refractivity contribution in [2.24, 2.45) is 0 Å². The molecule has 0 saturated heterocycles. The van der Waals surface area contributed by atoms with E-state index in [1.165, 1.54) is 6.33 Å². The average Bonchev–Trinajstić information content (AvgIpc) is 2.65. The Labute approximate surface area is 86.6 Å². The normalized spacial score (nSPS) is 10.4. The number of hydrogen-bond acceptors (Lipinski definition) is 3. The summed E-state index contributed by atoms with van der Waals surface area (Å²) in [5.41, 5.74) is 0.747. The zero-order valence-electron chi connectivity index (χ0n) is 7.68. The van der Waals surface area contributed by atoms with E-state index < -0.39 is 0 Å². The minimum absolute atomic E-state index is 0.431. The van der Waals surface area contributed by atoms with Crippen LogP contribution in [0.4, 0.5) is 0 Å². The fourth-order valence-corrected chi connectivity index (χ4v) is 1.40. The summed E-state index contributed by atoms with van der Waals surface area (Å²) in [6, 6.07) is 1.70. The molecule has 0 aromatic carbocycles. The molecule has 0 atom stereocenters. The van der Waals surface area contributed by atoms with Gasteiger partial charge in [0.15, 0.2) is 5.82 Å². The Bertz CT molecular complexity index is 438. The summed E-state index contributed by atoms with van der Waals surface area (Å²) in [5.74, 6) is 0.816. The van der Waals surface area contributed by atoms with Gasteiger partial charge in [0.1, 0.15) is 17.2 Å². The van der Waals surface area contributed by atoms with Gasteiger partial charge in [-0.2, -0.15) is 0 Å². The first-order valence-corrected chi connectivity index (χ1v) is 4.68. The van der Waals surface area contributed by atoms with Gasteiger partial charge in [-0.1, -0.05) is 11.6 Å². The molecule has 5 heteroatoms. The molecular weight excluding hydrogens is 200 g/mol. The van der Waals surface area contributed by atoms with E-state index >= 15 is 0 Å². The highest BCUT2D eigenvalue weighted by Gasteiger charge is 2.06. The number of halogens is 1. The molecule has 0 unspecified atom stereocenters. The lowest BCUT2D eigenvalue weighted by atomic mass is 10.4. The van der Waals surface area contributed by atoms with Crippen LogP contribution in [0.2, 0.25) is 5.15 Å². The van der Waals surface area contributed by atoms with Crippen LogP contribution in [0.1, 0.15) is 6.92 Å². The third-order valence-corrected chi connectivity index (χ3v) is 2.13. The van der Waals surface area contributed by atoms with Crippen molar-refractivity contribution in [1.82, 2.24) is 19.5 Å². The molecule has 0 aliphatic heterocycles. The monoisotopic (exact) mass is 208 g/mol. The van der Waals surface area contributed by atoms with Crippen molar-refractivity contribution < 1.29 is 0 Å². The number of imidazole rings is 1. The van der Waals surface area contributed by atoms with Gasteiger partial charge in [0.2, 0.25) is 0 Å². The molecule has 72 valence electrons. The summed E-state index contributed by atoms with van der Waals surface area (Å²) >= 11 is 5.77. The van der Waals surface area contributed by atoms with Gasteiger partial charge < -0.3 is 4.57 Å². The molecule has 0 spiro atoms. The first-order valence-electron chi connectivity index (χ1n) is 4.30. The van der Waals surface area contributed by atoms with Crippen LogP contribution in [0.3, 0.4) is 0 Å². The molecule has 2 aromatic heterocycles. The maximum atomic E-state index is 5.77. The van der Waals surface area contributed by atoms with Gasteiger partial charge in [-0.25, -0.2) is 15.0 Å². The lowest BCUT2D eigenvalue weighted by molar-refractivity contribution is 0.767. The van der Waals surface area contributed by atoms with Crippen molar-refractivity contribution in [3.63, 3.8) is 0 Å². The molecule has 0 aliphatic rings. The van der Waals surface area contributed by atoms with E-state index in [0.717, 1.165) is 18.1 Å². The van der Waals surface area contributed by atoms with Gasteiger partial charge in [-0.15, -0.1) is 0 Å². The topological polar surface area (TPSA) is 43.6 Å². The third kappa shape index (κ3) is 1.61. The second kappa shape index (κ2) is 3.75. The predicted molar refractivity (Wildman–Crippen MR) is 53.9 cm³/mol. The van der Waals surface area contributed by atoms with Crippen molar-refractivity contribution in [3.05, 3.63) is 29.9 Å². The second-order valence-electron chi connectivity index (χ2n) is 2.76. The van der Waals surface area contributed by atoms with Crippen LogP contribution in [-0.4, -0.2) is 19.5 Å². The van der Waals surface area contributed by atoms with Gasteiger partial charge >= 0.3 is 0 Å². The van der Waals surface area contributed by atoms with Crippen LogP contribution in [0.15, 0.2) is 24.8 Å². The van der Waals surface area contributed by atoms with E-state index in [4.69, 9.17) is 11.6 Å². The fourth-order valence-electron chi connectivity index (χ4n) is 1.25. The number of nitrogens with zero attached hydrogens (tertiary/aromatic N) is 4. The van der Waals surface area contributed by atoms with Crippen molar-refractivity contribution in [1.29, 1.82) is 0 Å². The minimum atomic E-state index is 0.431. The number of hydrogen-bond donors (Lipinski definition) is 0. The quantitative estimate of drug-likeness (QED) is 0.710. The second-order valence-corrected chi connectivity index (χ2v) is 3.15. The Balaban J connectivity index is 2.49. The zero-order valence-corrected chi connectivity index (χ0v) is 8.44.